The van der Waals surface area contributed by atoms with Gasteiger partial charge in [-0.2, -0.15) is 0 Å². The van der Waals surface area contributed by atoms with Crippen LogP contribution in [-0.2, 0) is 4.79 Å². The summed E-state index contributed by atoms with van der Waals surface area (Å²) in [7, 11) is 0. The summed E-state index contributed by atoms with van der Waals surface area (Å²) in [6, 6.07) is 0. The van der Waals surface area contributed by atoms with Crippen LogP contribution in [0.4, 0.5) is 0 Å². The van der Waals surface area contributed by atoms with Gasteiger partial charge in [-0.15, -0.1) is 0 Å². The van der Waals surface area contributed by atoms with E-state index >= 15 is 0 Å². The third kappa shape index (κ3) is 4.48. The molecule has 0 heterocycles. The van der Waals surface area contributed by atoms with Gasteiger partial charge in [0.1, 0.15) is 0 Å². The molecule has 19 heavy (non-hydrogen) atoms. The fourth-order valence-electron chi connectivity index (χ4n) is 3.76. The van der Waals surface area contributed by atoms with Crippen molar-refractivity contribution in [1.82, 2.24) is 5.32 Å². The molecule has 0 bridgehead atoms. The summed E-state index contributed by atoms with van der Waals surface area (Å²) >= 11 is 0. The van der Waals surface area contributed by atoms with Crippen LogP contribution >= 0.6 is 0 Å². The minimum absolute atomic E-state index is 0.0986. The van der Waals surface area contributed by atoms with Crippen molar-refractivity contribution < 1.29 is 9.90 Å². The normalized spacial score (nSPS) is 23.4. The Labute approximate surface area is 117 Å². The van der Waals surface area contributed by atoms with E-state index in [0.29, 0.717) is 6.42 Å². The Balaban J connectivity index is 1.63. The minimum Gasteiger partial charge on any atom is -0.394 e. The maximum Gasteiger partial charge on any atom is 0.220 e. The Hall–Kier alpha value is -0.570. The van der Waals surface area contributed by atoms with Gasteiger partial charge in [0.15, 0.2) is 0 Å². The molecule has 0 aromatic heterocycles. The second kappa shape index (κ2) is 7.28. The average Bonchev–Trinajstić information content (AvgIpc) is 2.89. The second-order valence-electron chi connectivity index (χ2n) is 6.59. The summed E-state index contributed by atoms with van der Waals surface area (Å²) in [6.45, 7) is 0.0986. The highest BCUT2D eigenvalue weighted by Gasteiger charge is 2.34. The van der Waals surface area contributed by atoms with Crippen molar-refractivity contribution >= 4 is 5.91 Å². The van der Waals surface area contributed by atoms with Crippen molar-refractivity contribution in [1.29, 1.82) is 0 Å². The maximum atomic E-state index is 12.0. The van der Waals surface area contributed by atoms with Crippen molar-refractivity contribution in [2.45, 2.75) is 82.6 Å². The Morgan fingerprint density at radius 3 is 2.42 bits per heavy atom. The third-order valence-corrected chi connectivity index (χ3v) is 5.01. The third-order valence-electron chi connectivity index (χ3n) is 5.01. The lowest BCUT2D eigenvalue weighted by atomic mass is 9.86. The van der Waals surface area contributed by atoms with Crippen LogP contribution in [0.25, 0.3) is 0 Å². The van der Waals surface area contributed by atoms with Gasteiger partial charge in [0, 0.05) is 6.42 Å². The largest absolute Gasteiger partial charge is 0.394 e. The summed E-state index contributed by atoms with van der Waals surface area (Å²) in [5.41, 5.74) is -0.290. The number of carbonyl (C=O) groups excluding carboxylic acids is 1. The topological polar surface area (TPSA) is 49.3 Å². The van der Waals surface area contributed by atoms with E-state index in [1.807, 2.05) is 0 Å². The molecule has 3 heteroatoms. The standard InChI is InChI=1S/C16H29NO2/c18-13-16(11-4-5-12-16)17-15(19)10-6-9-14-7-2-1-3-8-14/h14,18H,1-13H2,(H,17,19). The maximum absolute atomic E-state index is 12.0. The van der Waals surface area contributed by atoms with E-state index in [0.717, 1.165) is 38.0 Å². The Morgan fingerprint density at radius 2 is 1.79 bits per heavy atom. The smallest absolute Gasteiger partial charge is 0.220 e. The number of aliphatic hydroxyl groups excluding tert-OH is 1. The van der Waals surface area contributed by atoms with Crippen molar-refractivity contribution in [2.75, 3.05) is 6.61 Å². The number of hydrogen-bond donors (Lipinski definition) is 2. The first kappa shape index (κ1) is 14.8. The van der Waals surface area contributed by atoms with Crippen LogP contribution in [0.5, 0.6) is 0 Å². The summed E-state index contributed by atoms with van der Waals surface area (Å²) in [4.78, 5) is 12.0. The molecule has 110 valence electrons. The molecule has 2 saturated carbocycles. The van der Waals surface area contributed by atoms with Gasteiger partial charge in [0.25, 0.3) is 0 Å². The summed E-state index contributed by atoms with van der Waals surface area (Å²) < 4.78 is 0. The fraction of sp³-hybridized carbons (Fsp3) is 0.938. The van der Waals surface area contributed by atoms with Crippen LogP contribution in [0.3, 0.4) is 0 Å². The predicted molar refractivity (Wildman–Crippen MR) is 76.9 cm³/mol. The molecule has 0 aliphatic heterocycles. The number of hydrogen-bond acceptors (Lipinski definition) is 2. The quantitative estimate of drug-likeness (QED) is 0.776. The van der Waals surface area contributed by atoms with Gasteiger partial charge >= 0.3 is 0 Å². The van der Waals surface area contributed by atoms with Gasteiger partial charge in [-0.05, 0) is 31.6 Å². The van der Waals surface area contributed by atoms with Crippen LogP contribution in [0.1, 0.15) is 77.0 Å². The molecule has 0 atom stereocenters. The van der Waals surface area contributed by atoms with Gasteiger partial charge in [-0.1, -0.05) is 44.9 Å². The Morgan fingerprint density at radius 1 is 1.11 bits per heavy atom. The molecule has 0 unspecified atom stereocenters. The molecule has 2 aliphatic rings. The molecule has 0 aromatic carbocycles. The van der Waals surface area contributed by atoms with Crippen LogP contribution in [-0.4, -0.2) is 23.2 Å². The monoisotopic (exact) mass is 267 g/mol. The first-order chi connectivity index (χ1) is 9.24. The predicted octanol–water partition coefficient (Wildman–Crippen LogP) is 3.16. The molecular weight excluding hydrogens is 238 g/mol. The molecule has 1 amide bonds. The molecule has 0 radical (unpaired) electrons. The van der Waals surface area contributed by atoms with Crippen molar-refractivity contribution in [3.8, 4) is 0 Å². The van der Waals surface area contributed by atoms with Crippen molar-refractivity contribution in [2.24, 2.45) is 5.92 Å². The lowest BCUT2D eigenvalue weighted by molar-refractivity contribution is -0.123. The summed E-state index contributed by atoms with van der Waals surface area (Å²) in [6.07, 6.45) is 13.9. The van der Waals surface area contributed by atoms with E-state index in [2.05, 4.69) is 5.32 Å². The van der Waals surface area contributed by atoms with Gasteiger partial charge in [0.2, 0.25) is 5.91 Å². The van der Waals surface area contributed by atoms with Crippen LogP contribution in [0.15, 0.2) is 0 Å². The van der Waals surface area contributed by atoms with Crippen LogP contribution < -0.4 is 5.32 Å². The van der Waals surface area contributed by atoms with E-state index in [1.54, 1.807) is 0 Å². The average molecular weight is 267 g/mol. The number of rotatable bonds is 6. The highest BCUT2D eigenvalue weighted by molar-refractivity contribution is 5.76. The lowest BCUT2D eigenvalue weighted by Crippen LogP contribution is -2.49. The number of nitrogens with one attached hydrogen (secondary N) is 1. The summed E-state index contributed by atoms with van der Waals surface area (Å²) in [5.74, 6) is 1.01. The van der Waals surface area contributed by atoms with Gasteiger partial charge in [-0.3, -0.25) is 4.79 Å². The SMILES string of the molecule is O=C(CCCC1CCCCC1)NC1(CO)CCCC1. The van der Waals surface area contributed by atoms with Crippen LogP contribution in [0.2, 0.25) is 0 Å². The Bertz CT molecular complexity index is 278. The molecule has 2 aliphatic carbocycles. The van der Waals surface area contributed by atoms with Gasteiger partial charge < -0.3 is 10.4 Å². The molecule has 2 fully saturated rings. The number of amides is 1. The van der Waals surface area contributed by atoms with Crippen LogP contribution in [0, 0.1) is 5.92 Å². The molecule has 0 saturated heterocycles. The van der Waals surface area contributed by atoms with E-state index in [9.17, 15) is 9.90 Å². The zero-order valence-electron chi connectivity index (χ0n) is 12.1. The first-order valence-electron chi connectivity index (χ1n) is 8.16. The molecular formula is C16H29NO2. The van der Waals surface area contributed by atoms with E-state index in [1.165, 1.54) is 38.5 Å². The molecule has 2 rings (SSSR count). The first-order valence-corrected chi connectivity index (χ1v) is 8.16. The highest BCUT2D eigenvalue weighted by Crippen LogP contribution is 2.30. The molecule has 0 aromatic rings. The van der Waals surface area contributed by atoms with Gasteiger partial charge in [-0.25, -0.2) is 0 Å². The number of carbonyl (C=O) groups is 1. The fourth-order valence-corrected chi connectivity index (χ4v) is 3.76. The summed E-state index contributed by atoms with van der Waals surface area (Å²) in [5, 5.41) is 12.6. The minimum atomic E-state index is -0.290. The number of aliphatic hydroxyl groups is 1. The van der Waals surface area contributed by atoms with Crippen molar-refractivity contribution in [3.63, 3.8) is 0 Å². The van der Waals surface area contributed by atoms with E-state index in [4.69, 9.17) is 0 Å². The highest BCUT2D eigenvalue weighted by atomic mass is 16.3. The van der Waals surface area contributed by atoms with E-state index < -0.39 is 0 Å². The van der Waals surface area contributed by atoms with Crippen molar-refractivity contribution in [3.05, 3.63) is 0 Å². The lowest BCUT2D eigenvalue weighted by Gasteiger charge is -2.28. The zero-order valence-corrected chi connectivity index (χ0v) is 12.1. The molecule has 3 nitrogen and oxygen atoms in total. The zero-order chi connectivity index (χ0) is 13.6. The van der Waals surface area contributed by atoms with E-state index in [-0.39, 0.29) is 18.1 Å². The molecule has 2 N–H and O–H groups in total. The second-order valence-corrected chi connectivity index (χ2v) is 6.59. The molecule has 0 spiro atoms. The van der Waals surface area contributed by atoms with Gasteiger partial charge in [0.05, 0.1) is 12.1 Å². The Kier molecular flexibility index (Phi) is 5.68.